The molecular formula is C15H21NOS. The van der Waals surface area contributed by atoms with E-state index in [-0.39, 0.29) is 5.92 Å². The van der Waals surface area contributed by atoms with E-state index in [4.69, 9.17) is 4.42 Å². The number of rotatable bonds is 5. The molecule has 1 fully saturated rings. The second kappa shape index (κ2) is 6.89. The molecule has 1 aromatic rings. The van der Waals surface area contributed by atoms with E-state index in [1.54, 1.807) is 6.26 Å². The lowest BCUT2D eigenvalue weighted by Crippen LogP contribution is -2.26. The van der Waals surface area contributed by atoms with Gasteiger partial charge in [-0.2, -0.15) is 5.26 Å². The molecule has 0 aromatic carbocycles. The van der Waals surface area contributed by atoms with Crippen LogP contribution in [0.1, 0.15) is 44.8 Å². The van der Waals surface area contributed by atoms with Crippen molar-refractivity contribution in [3.05, 3.63) is 24.2 Å². The number of nitriles is 1. The van der Waals surface area contributed by atoms with Crippen molar-refractivity contribution < 1.29 is 4.42 Å². The van der Waals surface area contributed by atoms with E-state index in [9.17, 15) is 5.26 Å². The van der Waals surface area contributed by atoms with Crippen molar-refractivity contribution in [3.8, 4) is 6.07 Å². The van der Waals surface area contributed by atoms with Crippen LogP contribution in [-0.4, -0.2) is 5.25 Å². The first-order valence-electron chi connectivity index (χ1n) is 6.87. The van der Waals surface area contributed by atoms with E-state index in [0.717, 1.165) is 23.9 Å². The lowest BCUT2D eigenvalue weighted by Gasteiger charge is -2.32. The molecule has 2 rings (SSSR count). The summed E-state index contributed by atoms with van der Waals surface area (Å²) in [6.07, 6.45) is 7.82. The monoisotopic (exact) mass is 263 g/mol. The molecule has 0 radical (unpaired) electrons. The average molecular weight is 263 g/mol. The van der Waals surface area contributed by atoms with Gasteiger partial charge >= 0.3 is 0 Å². The number of hydrogen-bond donors (Lipinski definition) is 0. The number of thioether (sulfide) groups is 1. The minimum Gasteiger partial charge on any atom is -0.468 e. The fourth-order valence-corrected chi connectivity index (χ4v) is 4.18. The van der Waals surface area contributed by atoms with Crippen molar-refractivity contribution in [2.75, 3.05) is 0 Å². The summed E-state index contributed by atoms with van der Waals surface area (Å²) in [5.41, 5.74) is 0. The topological polar surface area (TPSA) is 36.9 Å². The fraction of sp³-hybridized carbons (Fsp3) is 0.667. The van der Waals surface area contributed by atoms with E-state index < -0.39 is 0 Å². The molecule has 3 atom stereocenters. The molecule has 1 aromatic heterocycles. The van der Waals surface area contributed by atoms with Crippen molar-refractivity contribution in [2.24, 2.45) is 11.8 Å². The van der Waals surface area contributed by atoms with Gasteiger partial charge in [0.2, 0.25) is 0 Å². The number of hydrogen-bond acceptors (Lipinski definition) is 3. The molecule has 3 heteroatoms. The highest BCUT2D eigenvalue weighted by Gasteiger charge is 2.30. The van der Waals surface area contributed by atoms with Gasteiger partial charge in [0, 0.05) is 5.25 Å². The van der Waals surface area contributed by atoms with Crippen molar-refractivity contribution >= 4 is 11.8 Å². The second-order valence-corrected chi connectivity index (χ2v) is 6.36. The van der Waals surface area contributed by atoms with Crippen LogP contribution in [0.4, 0.5) is 0 Å². The standard InChI is InChI=1S/C15H21NOS/c1-2-4-12-6-7-13(10-16)15(9-12)18-11-14-5-3-8-17-14/h3,5,8,12-13,15H,2,4,6-7,9,11H2,1H3. The van der Waals surface area contributed by atoms with Crippen LogP contribution in [0.25, 0.3) is 0 Å². The van der Waals surface area contributed by atoms with Crippen LogP contribution in [0.15, 0.2) is 22.8 Å². The van der Waals surface area contributed by atoms with Crippen LogP contribution in [0.3, 0.4) is 0 Å². The fourth-order valence-electron chi connectivity index (χ4n) is 2.80. The molecule has 0 N–H and O–H groups in total. The highest BCUT2D eigenvalue weighted by atomic mass is 32.2. The Balaban J connectivity index is 1.88. The zero-order valence-electron chi connectivity index (χ0n) is 11.0. The summed E-state index contributed by atoms with van der Waals surface area (Å²) in [4.78, 5) is 0. The summed E-state index contributed by atoms with van der Waals surface area (Å²) in [5, 5.41) is 9.74. The molecule has 1 aliphatic carbocycles. The largest absolute Gasteiger partial charge is 0.468 e. The quantitative estimate of drug-likeness (QED) is 0.777. The van der Waals surface area contributed by atoms with E-state index in [1.165, 1.54) is 25.7 Å². The van der Waals surface area contributed by atoms with Crippen LogP contribution < -0.4 is 0 Å². The third-order valence-corrected chi connectivity index (χ3v) is 5.18. The highest BCUT2D eigenvalue weighted by molar-refractivity contribution is 7.99. The predicted octanol–water partition coefficient (Wildman–Crippen LogP) is 4.62. The lowest BCUT2D eigenvalue weighted by atomic mass is 9.80. The average Bonchev–Trinajstić information content (AvgIpc) is 2.90. The minimum atomic E-state index is 0.234. The first-order valence-corrected chi connectivity index (χ1v) is 7.92. The Morgan fingerprint density at radius 1 is 1.50 bits per heavy atom. The molecule has 3 unspecified atom stereocenters. The van der Waals surface area contributed by atoms with Gasteiger partial charge in [0.15, 0.2) is 0 Å². The molecule has 0 aliphatic heterocycles. The Hall–Kier alpha value is -0.880. The molecule has 1 heterocycles. The van der Waals surface area contributed by atoms with E-state index in [0.29, 0.717) is 5.25 Å². The third kappa shape index (κ3) is 3.55. The van der Waals surface area contributed by atoms with Crippen LogP contribution >= 0.6 is 11.8 Å². The predicted molar refractivity (Wildman–Crippen MR) is 75.1 cm³/mol. The second-order valence-electron chi connectivity index (χ2n) is 5.13. The molecule has 0 saturated heterocycles. The smallest absolute Gasteiger partial charge is 0.113 e. The molecule has 18 heavy (non-hydrogen) atoms. The van der Waals surface area contributed by atoms with Crippen LogP contribution in [0.5, 0.6) is 0 Å². The van der Waals surface area contributed by atoms with E-state index >= 15 is 0 Å². The van der Waals surface area contributed by atoms with Crippen molar-refractivity contribution in [2.45, 2.75) is 50.0 Å². The van der Waals surface area contributed by atoms with Gasteiger partial charge < -0.3 is 4.42 Å². The van der Waals surface area contributed by atoms with Crippen LogP contribution in [-0.2, 0) is 5.75 Å². The maximum atomic E-state index is 9.25. The summed E-state index contributed by atoms with van der Waals surface area (Å²) < 4.78 is 5.36. The Bertz CT molecular complexity index is 382. The molecule has 98 valence electrons. The first-order chi connectivity index (χ1) is 8.83. The minimum absolute atomic E-state index is 0.234. The summed E-state index contributed by atoms with van der Waals surface area (Å²) in [6, 6.07) is 6.44. The summed E-state index contributed by atoms with van der Waals surface area (Å²) >= 11 is 1.90. The van der Waals surface area contributed by atoms with Crippen LogP contribution in [0, 0.1) is 23.2 Å². The van der Waals surface area contributed by atoms with Crippen molar-refractivity contribution in [1.82, 2.24) is 0 Å². The van der Waals surface area contributed by atoms with Crippen LogP contribution in [0.2, 0.25) is 0 Å². The SMILES string of the molecule is CCCC1CCC(C#N)C(SCc2ccco2)C1. The summed E-state index contributed by atoms with van der Waals surface area (Å²) in [7, 11) is 0. The molecule has 1 aliphatic rings. The molecular weight excluding hydrogens is 242 g/mol. The molecule has 2 nitrogen and oxygen atoms in total. The Kier molecular flexibility index (Phi) is 5.19. The van der Waals surface area contributed by atoms with Gasteiger partial charge in [0.25, 0.3) is 0 Å². The maximum absolute atomic E-state index is 9.25. The lowest BCUT2D eigenvalue weighted by molar-refractivity contribution is 0.306. The van der Waals surface area contributed by atoms with Gasteiger partial charge in [-0.3, -0.25) is 0 Å². The normalized spacial score (nSPS) is 27.9. The maximum Gasteiger partial charge on any atom is 0.113 e. The number of furan rings is 1. The summed E-state index contributed by atoms with van der Waals surface area (Å²) in [5.74, 6) is 2.98. The Labute approximate surface area is 114 Å². The van der Waals surface area contributed by atoms with Crippen molar-refractivity contribution in [3.63, 3.8) is 0 Å². The molecule has 1 saturated carbocycles. The highest BCUT2D eigenvalue weighted by Crippen LogP contribution is 2.39. The zero-order valence-corrected chi connectivity index (χ0v) is 11.8. The van der Waals surface area contributed by atoms with Gasteiger partial charge in [-0.05, 0) is 37.3 Å². The van der Waals surface area contributed by atoms with Gasteiger partial charge in [0.05, 0.1) is 24.0 Å². The molecule has 0 spiro atoms. The van der Waals surface area contributed by atoms with E-state index in [1.807, 2.05) is 23.9 Å². The number of nitrogens with zero attached hydrogens (tertiary/aromatic N) is 1. The van der Waals surface area contributed by atoms with Gasteiger partial charge in [-0.25, -0.2) is 0 Å². The third-order valence-electron chi connectivity index (χ3n) is 3.78. The van der Waals surface area contributed by atoms with Gasteiger partial charge in [-0.15, -0.1) is 11.8 Å². The summed E-state index contributed by atoms with van der Waals surface area (Å²) in [6.45, 7) is 2.25. The first kappa shape index (κ1) is 13.5. The Morgan fingerprint density at radius 2 is 2.39 bits per heavy atom. The molecule has 0 bridgehead atoms. The molecule has 0 amide bonds. The zero-order chi connectivity index (χ0) is 12.8. The van der Waals surface area contributed by atoms with Gasteiger partial charge in [0.1, 0.15) is 5.76 Å². The Morgan fingerprint density at radius 3 is 3.06 bits per heavy atom. The van der Waals surface area contributed by atoms with E-state index in [2.05, 4.69) is 13.0 Å². The van der Waals surface area contributed by atoms with Crippen molar-refractivity contribution in [1.29, 1.82) is 5.26 Å². The van der Waals surface area contributed by atoms with Gasteiger partial charge in [-0.1, -0.05) is 19.8 Å².